The molecule has 0 aliphatic carbocycles. The van der Waals surface area contributed by atoms with E-state index in [9.17, 15) is 17.6 Å². The van der Waals surface area contributed by atoms with E-state index in [1.54, 1.807) is 0 Å². The van der Waals surface area contributed by atoms with Gasteiger partial charge < -0.3 is 4.74 Å². The zero-order chi connectivity index (χ0) is 14.8. The van der Waals surface area contributed by atoms with Crippen molar-refractivity contribution in [1.29, 1.82) is 0 Å². The molecule has 0 aromatic heterocycles. The van der Waals surface area contributed by atoms with E-state index < -0.39 is 17.9 Å². The van der Waals surface area contributed by atoms with E-state index in [0.717, 1.165) is 18.9 Å². The highest BCUT2D eigenvalue weighted by Crippen LogP contribution is 2.25. The van der Waals surface area contributed by atoms with Gasteiger partial charge in [-0.1, -0.05) is 32.4 Å². The van der Waals surface area contributed by atoms with Crippen molar-refractivity contribution in [2.24, 2.45) is 0 Å². The zero-order valence-electron chi connectivity index (χ0n) is 11.6. The van der Waals surface area contributed by atoms with E-state index in [1.165, 1.54) is 0 Å². The van der Waals surface area contributed by atoms with Crippen LogP contribution in [0.4, 0.5) is 17.6 Å². The molecule has 0 atom stereocenters. The Kier molecular flexibility index (Phi) is 10.7. The maximum Gasteiger partial charge on any atom is 0.572 e. The fourth-order valence-corrected chi connectivity index (χ4v) is 1.20. The molecule has 0 radical (unpaired) electrons. The van der Waals surface area contributed by atoms with Gasteiger partial charge in [-0.05, 0) is 26.7 Å². The maximum absolute atomic E-state index is 13.2. The summed E-state index contributed by atoms with van der Waals surface area (Å²) in [7, 11) is 0. The van der Waals surface area contributed by atoms with E-state index in [4.69, 9.17) is 0 Å². The Morgan fingerprint density at radius 1 is 1.17 bits per heavy atom. The summed E-state index contributed by atoms with van der Waals surface area (Å²) in [6, 6.07) is 0. The molecule has 0 N–H and O–H groups in total. The molecule has 0 saturated heterocycles. The first-order valence-electron chi connectivity index (χ1n) is 6.05. The molecule has 18 heavy (non-hydrogen) atoms. The molecule has 0 amide bonds. The molecule has 0 heterocycles. The number of allylic oxidation sites excluding steroid dienone is 4. The fraction of sp³-hybridized carbons (Fsp3) is 0.692. The Bertz CT molecular complexity index is 277. The summed E-state index contributed by atoms with van der Waals surface area (Å²) < 4.78 is 52.0. The lowest BCUT2D eigenvalue weighted by Crippen LogP contribution is -2.12. The van der Waals surface area contributed by atoms with Crippen molar-refractivity contribution in [3.8, 4) is 0 Å². The molecule has 0 bridgehead atoms. The second kappa shape index (κ2) is 9.97. The number of hydrogen-bond donors (Lipinski definition) is 0. The lowest BCUT2D eigenvalue weighted by molar-refractivity contribution is -0.306. The molecule has 108 valence electrons. The molecule has 0 aromatic rings. The summed E-state index contributed by atoms with van der Waals surface area (Å²) in [6.07, 6.45) is -1.86. The van der Waals surface area contributed by atoms with Crippen LogP contribution in [0.2, 0.25) is 0 Å². The minimum Gasteiger partial charge on any atom is -0.408 e. The Morgan fingerprint density at radius 2 is 1.67 bits per heavy atom. The first-order valence-corrected chi connectivity index (χ1v) is 6.05. The Morgan fingerprint density at radius 3 is 2.00 bits per heavy atom. The lowest BCUT2D eigenvalue weighted by atomic mass is 10.1. The third-order valence-electron chi connectivity index (χ3n) is 2.18. The van der Waals surface area contributed by atoms with Gasteiger partial charge in [0.05, 0.1) is 0 Å². The molecule has 0 aliphatic rings. The maximum atomic E-state index is 13.2. The van der Waals surface area contributed by atoms with Crippen molar-refractivity contribution in [1.82, 2.24) is 0 Å². The SMILES string of the molecule is C/C=C(/CC)CC/C(F)=C(\C)OC(F)(F)F.CC. The molecular formula is C13H22F4O. The van der Waals surface area contributed by atoms with Crippen molar-refractivity contribution < 1.29 is 22.3 Å². The minimum atomic E-state index is -4.82. The normalized spacial score (nSPS) is 13.5. The van der Waals surface area contributed by atoms with Gasteiger partial charge in [-0.2, -0.15) is 0 Å². The van der Waals surface area contributed by atoms with Crippen LogP contribution < -0.4 is 0 Å². The van der Waals surface area contributed by atoms with Crippen molar-refractivity contribution in [2.45, 2.75) is 60.2 Å². The third kappa shape index (κ3) is 10.2. The van der Waals surface area contributed by atoms with Crippen LogP contribution >= 0.6 is 0 Å². The van der Waals surface area contributed by atoms with Crippen molar-refractivity contribution in [3.63, 3.8) is 0 Å². The van der Waals surface area contributed by atoms with Crippen LogP contribution in [-0.2, 0) is 4.74 Å². The van der Waals surface area contributed by atoms with Crippen LogP contribution in [0, 0.1) is 0 Å². The highest BCUT2D eigenvalue weighted by molar-refractivity contribution is 5.05. The molecule has 0 saturated carbocycles. The fourth-order valence-electron chi connectivity index (χ4n) is 1.20. The summed E-state index contributed by atoms with van der Waals surface area (Å²) in [4.78, 5) is 0. The van der Waals surface area contributed by atoms with Crippen LogP contribution in [0.15, 0.2) is 23.2 Å². The highest BCUT2D eigenvalue weighted by atomic mass is 19.4. The number of alkyl halides is 3. The number of hydrogen-bond acceptors (Lipinski definition) is 1. The minimum absolute atomic E-state index is 0.0601. The molecule has 0 fully saturated rings. The van der Waals surface area contributed by atoms with Crippen LogP contribution in [0.1, 0.15) is 53.9 Å². The Labute approximate surface area is 107 Å². The smallest absolute Gasteiger partial charge is 0.408 e. The molecular weight excluding hydrogens is 248 g/mol. The monoisotopic (exact) mass is 270 g/mol. The standard InChI is InChI=1S/C11H16F4O.C2H6/c1-4-9(5-2)6-7-10(12)8(3)16-11(13,14)15;1-2/h4H,5-7H2,1-3H3;1-2H3/b9-4-,10-8-;. The van der Waals surface area contributed by atoms with Gasteiger partial charge >= 0.3 is 6.36 Å². The highest BCUT2D eigenvalue weighted by Gasteiger charge is 2.31. The summed E-state index contributed by atoms with van der Waals surface area (Å²) in [5.41, 5.74) is 1.01. The van der Waals surface area contributed by atoms with E-state index in [2.05, 4.69) is 4.74 Å². The quantitative estimate of drug-likeness (QED) is 0.344. The topological polar surface area (TPSA) is 9.23 Å². The van der Waals surface area contributed by atoms with E-state index >= 15 is 0 Å². The zero-order valence-corrected chi connectivity index (χ0v) is 11.6. The van der Waals surface area contributed by atoms with Gasteiger partial charge in [-0.3, -0.25) is 0 Å². The van der Waals surface area contributed by atoms with Crippen molar-refractivity contribution in [3.05, 3.63) is 23.2 Å². The second-order valence-electron chi connectivity index (χ2n) is 3.31. The van der Waals surface area contributed by atoms with Gasteiger partial charge in [0.15, 0.2) is 0 Å². The van der Waals surface area contributed by atoms with Crippen LogP contribution in [0.3, 0.4) is 0 Å². The average molecular weight is 270 g/mol. The summed E-state index contributed by atoms with van der Waals surface area (Å²) >= 11 is 0. The third-order valence-corrected chi connectivity index (χ3v) is 2.18. The molecule has 0 aliphatic heterocycles. The van der Waals surface area contributed by atoms with Gasteiger partial charge in [-0.25, -0.2) is 4.39 Å². The molecule has 0 aromatic carbocycles. The average Bonchev–Trinajstić information content (AvgIpc) is 2.30. The Balaban J connectivity index is 0. The van der Waals surface area contributed by atoms with Crippen molar-refractivity contribution >= 4 is 0 Å². The van der Waals surface area contributed by atoms with Gasteiger partial charge in [0.1, 0.15) is 11.6 Å². The molecule has 0 rings (SSSR count). The van der Waals surface area contributed by atoms with Crippen molar-refractivity contribution in [2.75, 3.05) is 0 Å². The van der Waals surface area contributed by atoms with Gasteiger partial charge in [0, 0.05) is 6.42 Å². The molecule has 5 heteroatoms. The predicted molar refractivity (Wildman–Crippen MR) is 65.6 cm³/mol. The van der Waals surface area contributed by atoms with Crippen LogP contribution in [-0.4, -0.2) is 6.36 Å². The summed E-state index contributed by atoms with van der Waals surface area (Å²) in [5.74, 6) is -1.57. The summed E-state index contributed by atoms with van der Waals surface area (Å²) in [6.45, 7) is 8.71. The van der Waals surface area contributed by atoms with E-state index in [0.29, 0.717) is 6.42 Å². The van der Waals surface area contributed by atoms with Gasteiger partial charge in [-0.15, -0.1) is 13.2 Å². The first-order chi connectivity index (χ1) is 8.30. The second-order valence-corrected chi connectivity index (χ2v) is 3.31. The largest absolute Gasteiger partial charge is 0.572 e. The Hall–Kier alpha value is -1.00. The van der Waals surface area contributed by atoms with E-state index in [-0.39, 0.29) is 6.42 Å². The number of rotatable bonds is 5. The lowest BCUT2D eigenvalue weighted by Gasteiger charge is -2.10. The summed E-state index contributed by atoms with van der Waals surface area (Å²) in [5, 5.41) is 0. The van der Waals surface area contributed by atoms with Crippen LogP contribution in [0.25, 0.3) is 0 Å². The molecule has 0 unspecified atom stereocenters. The van der Waals surface area contributed by atoms with Gasteiger partial charge in [0.25, 0.3) is 0 Å². The molecule has 1 nitrogen and oxygen atoms in total. The van der Waals surface area contributed by atoms with Crippen LogP contribution in [0.5, 0.6) is 0 Å². The first kappa shape index (κ1) is 19.3. The molecule has 0 spiro atoms. The van der Waals surface area contributed by atoms with Gasteiger partial charge in [0.2, 0.25) is 0 Å². The number of halogens is 4. The number of ether oxygens (including phenoxy) is 1. The van der Waals surface area contributed by atoms with E-state index in [1.807, 2.05) is 33.8 Å². The predicted octanol–water partition coefficient (Wildman–Crippen LogP) is 5.89.